The Morgan fingerprint density at radius 2 is 1.74 bits per heavy atom. The van der Waals surface area contributed by atoms with Gasteiger partial charge < -0.3 is 14.6 Å². The molecule has 31 heavy (non-hydrogen) atoms. The third-order valence-corrected chi connectivity index (χ3v) is 6.24. The van der Waals surface area contributed by atoms with E-state index in [1.54, 1.807) is 18.2 Å². The van der Waals surface area contributed by atoms with Crippen LogP contribution < -0.4 is 10.1 Å². The molecule has 4 rings (SSSR count). The molecule has 6 nitrogen and oxygen atoms in total. The third kappa shape index (κ3) is 4.95. The smallest absolute Gasteiger partial charge is 0.234 e. The number of carbonyl (C=O) groups excluding carboxylic acids is 1. The molecule has 0 radical (unpaired) electrons. The number of hydrogen-bond acceptors (Lipinski definition) is 5. The lowest BCUT2D eigenvalue weighted by Crippen LogP contribution is -2.15. The van der Waals surface area contributed by atoms with Gasteiger partial charge in [-0.2, -0.15) is 0 Å². The number of fused-ring (bicyclic) bond motifs is 1. The molecule has 1 amide bonds. The molecule has 0 fully saturated rings. The highest BCUT2D eigenvalue weighted by Gasteiger charge is 2.14. The summed E-state index contributed by atoms with van der Waals surface area (Å²) in [6.07, 6.45) is 0. The van der Waals surface area contributed by atoms with Crippen LogP contribution in [-0.2, 0) is 18.4 Å². The van der Waals surface area contributed by atoms with Crippen molar-refractivity contribution in [3.8, 4) is 5.75 Å². The summed E-state index contributed by atoms with van der Waals surface area (Å²) in [6.45, 7) is 0.263. The third-order valence-electron chi connectivity index (χ3n) is 4.59. The zero-order valence-electron chi connectivity index (χ0n) is 16.5. The number of rotatable bonds is 7. The van der Waals surface area contributed by atoms with Crippen LogP contribution in [0.15, 0.2) is 65.8 Å². The molecule has 1 heterocycles. The van der Waals surface area contributed by atoms with Gasteiger partial charge in [0.05, 0.1) is 21.5 Å². The van der Waals surface area contributed by atoms with Crippen LogP contribution in [0.2, 0.25) is 10.0 Å². The van der Waals surface area contributed by atoms with Gasteiger partial charge in [0.2, 0.25) is 5.91 Å². The number of benzene rings is 3. The van der Waals surface area contributed by atoms with Gasteiger partial charge in [-0.1, -0.05) is 77.4 Å². The van der Waals surface area contributed by atoms with Crippen LogP contribution in [-0.4, -0.2) is 26.4 Å². The molecule has 1 aromatic heterocycles. The van der Waals surface area contributed by atoms with Crippen molar-refractivity contribution < 1.29 is 9.53 Å². The van der Waals surface area contributed by atoms with Crippen LogP contribution in [0.5, 0.6) is 5.75 Å². The highest BCUT2D eigenvalue weighted by Crippen LogP contribution is 2.30. The number of nitrogens with one attached hydrogen (secondary N) is 1. The Kier molecular flexibility index (Phi) is 6.65. The fraction of sp³-hybridized carbons (Fsp3) is 0.136. The second-order valence-electron chi connectivity index (χ2n) is 6.66. The molecule has 0 saturated heterocycles. The summed E-state index contributed by atoms with van der Waals surface area (Å²) in [5.41, 5.74) is 0.401. The van der Waals surface area contributed by atoms with E-state index in [4.69, 9.17) is 27.9 Å². The molecule has 0 aliphatic heterocycles. The second kappa shape index (κ2) is 9.60. The van der Waals surface area contributed by atoms with Gasteiger partial charge >= 0.3 is 0 Å². The molecule has 0 aliphatic rings. The number of carbonyl (C=O) groups is 1. The van der Waals surface area contributed by atoms with Gasteiger partial charge in [-0.05, 0) is 23.6 Å². The van der Waals surface area contributed by atoms with E-state index in [-0.39, 0.29) is 18.3 Å². The summed E-state index contributed by atoms with van der Waals surface area (Å²) in [4.78, 5) is 12.3. The maximum Gasteiger partial charge on any atom is 0.234 e. The van der Waals surface area contributed by atoms with Gasteiger partial charge in [0.25, 0.3) is 0 Å². The lowest BCUT2D eigenvalue weighted by molar-refractivity contribution is -0.113. The lowest BCUT2D eigenvalue weighted by atomic mass is 10.1. The van der Waals surface area contributed by atoms with E-state index in [2.05, 4.69) is 15.5 Å². The van der Waals surface area contributed by atoms with E-state index >= 15 is 0 Å². The number of hydrogen-bond donors (Lipinski definition) is 1. The van der Waals surface area contributed by atoms with Crippen molar-refractivity contribution in [1.82, 2.24) is 14.8 Å². The first-order valence-corrected chi connectivity index (χ1v) is 11.1. The first kappa shape index (κ1) is 21.5. The van der Waals surface area contributed by atoms with Crippen molar-refractivity contribution in [2.45, 2.75) is 11.8 Å². The van der Waals surface area contributed by atoms with E-state index in [1.165, 1.54) is 11.8 Å². The number of para-hydroxylation sites is 1. The number of thioether (sulfide) groups is 1. The fourth-order valence-corrected chi connectivity index (χ4v) is 4.21. The van der Waals surface area contributed by atoms with Crippen molar-refractivity contribution in [1.29, 1.82) is 0 Å². The normalized spacial score (nSPS) is 10.9. The molecule has 4 aromatic rings. The number of ether oxygens (including phenoxy) is 1. The molecular formula is C22H18Cl2N4O2S. The molecular weight excluding hydrogens is 455 g/mol. The van der Waals surface area contributed by atoms with E-state index in [0.29, 0.717) is 26.7 Å². The summed E-state index contributed by atoms with van der Waals surface area (Å²) in [7, 11) is 1.84. The van der Waals surface area contributed by atoms with Crippen molar-refractivity contribution in [2.75, 3.05) is 11.1 Å². The average Bonchev–Trinajstić information content (AvgIpc) is 3.13. The van der Waals surface area contributed by atoms with Crippen LogP contribution in [0.25, 0.3) is 10.8 Å². The molecule has 0 atom stereocenters. The van der Waals surface area contributed by atoms with Crippen LogP contribution in [0, 0.1) is 0 Å². The molecule has 9 heteroatoms. The summed E-state index contributed by atoms with van der Waals surface area (Å²) in [5.74, 6) is 1.34. The molecule has 0 bridgehead atoms. The van der Waals surface area contributed by atoms with Gasteiger partial charge in [0, 0.05) is 12.4 Å². The first-order chi connectivity index (χ1) is 15.0. The molecule has 0 unspecified atom stereocenters. The average molecular weight is 473 g/mol. The predicted octanol–water partition coefficient (Wildman–Crippen LogP) is 5.58. The Morgan fingerprint density at radius 1 is 1.03 bits per heavy atom. The van der Waals surface area contributed by atoms with Crippen molar-refractivity contribution >= 4 is 57.3 Å². The maximum absolute atomic E-state index is 12.3. The number of aromatic nitrogens is 3. The summed E-state index contributed by atoms with van der Waals surface area (Å²) in [5, 5.41) is 14.6. The van der Waals surface area contributed by atoms with Gasteiger partial charge in [-0.3, -0.25) is 4.79 Å². The number of nitrogens with zero attached hydrogens (tertiary/aromatic N) is 3. The van der Waals surface area contributed by atoms with Gasteiger partial charge in [0.1, 0.15) is 12.4 Å². The SMILES string of the molecule is Cn1c(COc2cccc3ccccc23)nnc1SCC(=O)Nc1c(Cl)cccc1Cl. The van der Waals surface area contributed by atoms with Gasteiger partial charge in [0.15, 0.2) is 11.0 Å². The van der Waals surface area contributed by atoms with Gasteiger partial charge in [-0.25, -0.2) is 0 Å². The summed E-state index contributed by atoms with van der Waals surface area (Å²) >= 11 is 13.5. The Hall–Kier alpha value is -2.74. The van der Waals surface area contributed by atoms with Crippen LogP contribution in [0.4, 0.5) is 5.69 Å². The number of amides is 1. The lowest BCUT2D eigenvalue weighted by Gasteiger charge is -2.10. The van der Waals surface area contributed by atoms with Crippen molar-refractivity contribution in [3.63, 3.8) is 0 Å². The summed E-state index contributed by atoms with van der Waals surface area (Å²) < 4.78 is 7.80. The molecule has 0 saturated carbocycles. The van der Waals surface area contributed by atoms with Crippen molar-refractivity contribution in [3.05, 3.63) is 76.5 Å². The monoisotopic (exact) mass is 472 g/mol. The Morgan fingerprint density at radius 3 is 2.55 bits per heavy atom. The zero-order valence-corrected chi connectivity index (χ0v) is 18.8. The van der Waals surface area contributed by atoms with Gasteiger partial charge in [-0.15, -0.1) is 10.2 Å². The number of anilines is 1. The molecule has 158 valence electrons. The van der Waals surface area contributed by atoms with Crippen molar-refractivity contribution in [2.24, 2.45) is 7.05 Å². The van der Waals surface area contributed by atoms with E-state index in [9.17, 15) is 4.79 Å². The Bertz CT molecular complexity index is 1220. The molecule has 1 N–H and O–H groups in total. The maximum atomic E-state index is 12.3. The highest BCUT2D eigenvalue weighted by atomic mass is 35.5. The topological polar surface area (TPSA) is 69.0 Å². The molecule has 0 spiro atoms. The minimum atomic E-state index is -0.239. The minimum absolute atomic E-state index is 0.137. The zero-order chi connectivity index (χ0) is 21.8. The minimum Gasteiger partial charge on any atom is -0.485 e. The highest BCUT2D eigenvalue weighted by molar-refractivity contribution is 7.99. The fourth-order valence-electron chi connectivity index (χ4n) is 2.98. The second-order valence-corrected chi connectivity index (χ2v) is 8.41. The summed E-state index contributed by atoms with van der Waals surface area (Å²) in [6, 6.07) is 19.0. The number of halogens is 2. The largest absolute Gasteiger partial charge is 0.485 e. The molecule has 3 aromatic carbocycles. The Balaban J connectivity index is 1.37. The first-order valence-electron chi connectivity index (χ1n) is 9.38. The van der Waals surface area contributed by atoms with Crippen LogP contribution in [0.3, 0.4) is 0 Å². The van der Waals surface area contributed by atoms with E-state index in [1.807, 2.05) is 54.1 Å². The standard InChI is InChI=1S/C22H18Cl2N4O2S/c1-28-19(12-30-18-11-4-7-14-6-2-3-8-15(14)18)26-27-22(28)31-13-20(29)25-21-16(23)9-5-10-17(21)24/h2-11H,12-13H2,1H3,(H,25,29). The predicted molar refractivity (Wildman–Crippen MR) is 125 cm³/mol. The quantitative estimate of drug-likeness (QED) is 0.355. The van der Waals surface area contributed by atoms with E-state index < -0.39 is 0 Å². The molecule has 0 aliphatic carbocycles. The Labute approximate surface area is 193 Å². The van der Waals surface area contributed by atoms with Crippen LogP contribution >= 0.6 is 35.0 Å². The van der Waals surface area contributed by atoms with E-state index in [0.717, 1.165) is 16.5 Å². The van der Waals surface area contributed by atoms with Crippen LogP contribution in [0.1, 0.15) is 5.82 Å².